The average Bonchev–Trinajstić information content (AvgIpc) is 3.27. The zero-order valence-corrected chi connectivity index (χ0v) is 22.6. The number of nitrogens with zero attached hydrogens (tertiary/aromatic N) is 5. The molecular weight excluding hydrogens is 563 g/mol. The minimum Gasteiger partial charge on any atom is -0.506 e. The summed E-state index contributed by atoms with van der Waals surface area (Å²) in [6.45, 7) is 2.16. The summed E-state index contributed by atoms with van der Waals surface area (Å²) in [5, 5.41) is 10.6. The number of fused-ring (bicyclic) bond motifs is 1. The summed E-state index contributed by atoms with van der Waals surface area (Å²) in [7, 11) is -2.63. The lowest BCUT2D eigenvalue weighted by molar-refractivity contribution is 0.330. The van der Waals surface area contributed by atoms with Crippen molar-refractivity contribution in [3.63, 3.8) is 0 Å². The molecule has 4 aromatic rings. The number of aliphatic imine (C=N–C) groups is 1. The lowest BCUT2D eigenvalue weighted by atomic mass is 10.2. The van der Waals surface area contributed by atoms with E-state index in [1.807, 2.05) is 0 Å². The van der Waals surface area contributed by atoms with Crippen molar-refractivity contribution in [2.45, 2.75) is 12.7 Å². The Hall–Kier alpha value is -4.67. The summed E-state index contributed by atoms with van der Waals surface area (Å²) in [5.41, 5.74) is 6.37. The van der Waals surface area contributed by atoms with E-state index in [2.05, 4.69) is 36.1 Å². The van der Waals surface area contributed by atoms with Gasteiger partial charge in [-0.25, -0.2) is 32.8 Å². The highest BCUT2D eigenvalue weighted by atomic mass is 35.5. The fourth-order valence-electron chi connectivity index (χ4n) is 3.86. The van der Waals surface area contributed by atoms with E-state index in [9.17, 15) is 17.9 Å². The molecule has 0 unspecified atom stereocenters. The normalized spacial score (nSPS) is 12.8. The molecule has 0 fully saturated rings. The molecule has 5 rings (SSSR count). The number of anilines is 1. The van der Waals surface area contributed by atoms with Crippen LogP contribution < -0.4 is 9.46 Å². The SMILES string of the molecule is CCOC1=NC(c2nc3nc(Cl)c(NS(=O)(=O)Cc4ccc(F)cc4)nc3n2-c2c(O)cccc2OC)=C=C=C1. The monoisotopic (exact) mass is 582 g/mol. The van der Waals surface area contributed by atoms with Crippen LogP contribution in [0.15, 0.2) is 65.0 Å². The highest BCUT2D eigenvalue weighted by Crippen LogP contribution is 2.37. The van der Waals surface area contributed by atoms with Crippen LogP contribution in [0.4, 0.5) is 10.2 Å². The van der Waals surface area contributed by atoms with Crippen molar-refractivity contribution in [3.8, 4) is 17.2 Å². The summed E-state index contributed by atoms with van der Waals surface area (Å²) in [4.78, 5) is 17.6. The number of hydrogen-bond acceptors (Lipinski definition) is 9. The number of phenols is 1. The van der Waals surface area contributed by atoms with Crippen molar-refractivity contribution in [2.75, 3.05) is 18.4 Å². The van der Waals surface area contributed by atoms with Crippen molar-refractivity contribution in [1.29, 1.82) is 0 Å². The number of para-hydroxylation sites is 1. The fourth-order valence-corrected chi connectivity index (χ4v) is 5.22. The van der Waals surface area contributed by atoms with E-state index in [1.54, 1.807) is 19.1 Å². The number of ether oxygens (including phenoxy) is 2. The molecular formula is C26H20ClFN6O5S. The number of aromatic nitrogens is 4. The lowest BCUT2D eigenvalue weighted by Gasteiger charge is -2.15. The van der Waals surface area contributed by atoms with Gasteiger partial charge in [-0.2, -0.15) is 0 Å². The second kappa shape index (κ2) is 10.8. The van der Waals surface area contributed by atoms with E-state index in [1.165, 1.54) is 36.0 Å². The zero-order chi connectivity index (χ0) is 28.4. The number of aromatic hydroxyl groups is 1. The number of hydrogen-bond donors (Lipinski definition) is 2. The second-order valence-electron chi connectivity index (χ2n) is 8.24. The third kappa shape index (κ3) is 5.40. The molecule has 0 saturated carbocycles. The molecule has 0 saturated heterocycles. The van der Waals surface area contributed by atoms with Crippen LogP contribution in [0.25, 0.3) is 22.7 Å². The van der Waals surface area contributed by atoms with Crippen LogP contribution in [-0.4, -0.2) is 52.7 Å². The maximum absolute atomic E-state index is 13.3. The van der Waals surface area contributed by atoms with Gasteiger partial charge in [0.05, 0.1) is 25.5 Å². The van der Waals surface area contributed by atoms with Crippen molar-refractivity contribution >= 4 is 50.3 Å². The summed E-state index contributed by atoms with van der Waals surface area (Å²) in [6.07, 6.45) is 1.50. The first-order valence-corrected chi connectivity index (χ1v) is 13.7. The molecule has 204 valence electrons. The molecule has 40 heavy (non-hydrogen) atoms. The van der Waals surface area contributed by atoms with Crippen molar-refractivity contribution in [2.24, 2.45) is 4.99 Å². The Morgan fingerprint density at radius 3 is 2.65 bits per heavy atom. The predicted molar refractivity (Wildman–Crippen MR) is 147 cm³/mol. The van der Waals surface area contributed by atoms with E-state index in [-0.39, 0.29) is 56.9 Å². The second-order valence-corrected chi connectivity index (χ2v) is 10.3. The lowest BCUT2D eigenvalue weighted by Crippen LogP contribution is -2.17. The van der Waals surface area contributed by atoms with Crippen LogP contribution in [0.3, 0.4) is 0 Å². The van der Waals surface area contributed by atoms with Crippen LogP contribution in [0.5, 0.6) is 11.5 Å². The van der Waals surface area contributed by atoms with E-state index in [0.717, 1.165) is 12.1 Å². The molecule has 0 spiro atoms. The van der Waals surface area contributed by atoms with Gasteiger partial charge in [-0.15, -0.1) is 0 Å². The maximum Gasteiger partial charge on any atom is 0.238 e. The third-order valence-electron chi connectivity index (χ3n) is 5.51. The Kier molecular flexibility index (Phi) is 7.29. The Bertz CT molecular complexity index is 1880. The summed E-state index contributed by atoms with van der Waals surface area (Å²) < 4.78 is 53.8. The van der Waals surface area contributed by atoms with Crippen LogP contribution >= 0.6 is 11.6 Å². The smallest absolute Gasteiger partial charge is 0.238 e. The number of phenolic OH excluding ortho intramolecular Hbond substituents is 1. The van der Waals surface area contributed by atoms with Gasteiger partial charge >= 0.3 is 0 Å². The van der Waals surface area contributed by atoms with Gasteiger partial charge in [-0.3, -0.25) is 9.29 Å². The Balaban J connectivity index is 1.69. The Morgan fingerprint density at radius 1 is 1.15 bits per heavy atom. The number of rotatable bonds is 8. The molecule has 0 radical (unpaired) electrons. The van der Waals surface area contributed by atoms with Gasteiger partial charge in [0.15, 0.2) is 33.8 Å². The van der Waals surface area contributed by atoms with E-state index >= 15 is 0 Å². The zero-order valence-electron chi connectivity index (χ0n) is 21.0. The molecule has 2 aromatic carbocycles. The molecule has 2 N–H and O–H groups in total. The van der Waals surface area contributed by atoms with Crippen LogP contribution in [0.2, 0.25) is 5.15 Å². The standard InChI is InChI=1S/C26H20ClFN6O5S/c1-3-39-20-9-4-6-17(29-20)25-32-24-26(34(25)21-18(35)7-5-8-19(21)38-2)31-23(22(27)30-24)33-40(36,37)14-15-10-12-16(28)13-11-15/h5,7-13,35H,3,14H2,1-2H3,(H,31,33). The largest absolute Gasteiger partial charge is 0.506 e. The number of methoxy groups -OCH3 is 1. The molecule has 1 aliphatic rings. The van der Waals surface area contributed by atoms with Crippen molar-refractivity contribution < 1.29 is 27.4 Å². The summed E-state index contributed by atoms with van der Waals surface area (Å²) in [6, 6.07) is 9.66. The highest BCUT2D eigenvalue weighted by Gasteiger charge is 2.26. The number of sulfonamides is 1. The van der Waals surface area contributed by atoms with E-state index in [0.29, 0.717) is 12.2 Å². The predicted octanol–water partition coefficient (Wildman–Crippen LogP) is 4.36. The Morgan fingerprint density at radius 2 is 1.93 bits per heavy atom. The topological polar surface area (TPSA) is 141 Å². The first kappa shape index (κ1) is 26.9. The first-order valence-electron chi connectivity index (χ1n) is 11.7. The van der Waals surface area contributed by atoms with Crippen LogP contribution in [-0.2, 0) is 20.5 Å². The molecule has 0 amide bonds. The molecule has 3 heterocycles. The van der Waals surface area contributed by atoms with Gasteiger partial charge in [0.2, 0.25) is 15.9 Å². The molecule has 11 nitrogen and oxygen atoms in total. The minimum atomic E-state index is -4.05. The van der Waals surface area contributed by atoms with Crippen LogP contribution in [0, 0.1) is 5.82 Å². The van der Waals surface area contributed by atoms with E-state index < -0.39 is 21.6 Å². The Labute approximate surface area is 232 Å². The highest BCUT2D eigenvalue weighted by molar-refractivity contribution is 7.91. The van der Waals surface area contributed by atoms with Crippen molar-refractivity contribution in [3.05, 3.63) is 82.4 Å². The quantitative estimate of drug-likeness (QED) is 0.292. The number of halogens is 2. The van der Waals surface area contributed by atoms with Crippen molar-refractivity contribution in [1.82, 2.24) is 19.5 Å². The number of imidazole rings is 1. The molecule has 1 aliphatic heterocycles. The minimum absolute atomic E-state index is 0.0174. The van der Waals surface area contributed by atoms with Crippen LogP contribution in [0.1, 0.15) is 18.3 Å². The van der Waals surface area contributed by atoms with Gasteiger partial charge < -0.3 is 14.6 Å². The molecule has 2 aromatic heterocycles. The fraction of sp³-hybridized carbons (Fsp3) is 0.154. The van der Waals surface area contributed by atoms with E-state index in [4.69, 9.17) is 21.1 Å². The summed E-state index contributed by atoms with van der Waals surface area (Å²) in [5.74, 6) is -0.818. The van der Waals surface area contributed by atoms with Gasteiger partial charge in [0, 0.05) is 0 Å². The number of nitrogens with one attached hydrogen (secondary N) is 1. The van der Waals surface area contributed by atoms with Gasteiger partial charge in [-0.05, 0) is 42.5 Å². The number of benzene rings is 2. The van der Waals surface area contributed by atoms with Gasteiger partial charge in [0.25, 0.3) is 0 Å². The molecule has 14 heteroatoms. The average molecular weight is 583 g/mol. The maximum atomic E-state index is 13.3. The summed E-state index contributed by atoms with van der Waals surface area (Å²) >= 11 is 6.32. The molecule has 0 bridgehead atoms. The molecule has 0 atom stereocenters. The van der Waals surface area contributed by atoms with Gasteiger partial charge in [-0.1, -0.05) is 35.5 Å². The third-order valence-corrected chi connectivity index (χ3v) is 6.99. The molecule has 0 aliphatic carbocycles. The first-order chi connectivity index (χ1) is 19.2. The van der Waals surface area contributed by atoms with Gasteiger partial charge in [0.1, 0.15) is 23.0 Å².